The highest BCUT2D eigenvalue weighted by Crippen LogP contribution is 2.23. The van der Waals surface area contributed by atoms with Crippen LogP contribution in [0.4, 0.5) is 0 Å². The zero-order valence-corrected chi connectivity index (χ0v) is 10.5. The second kappa shape index (κ2) is 7.49. The Balaban J connectivity index is 4.18. The Hall–Kier alpha value is -0.790. The Kier molecular flexibility index (Phi) is 7.10. The van der Waals surface area contributed by atoms with Gasteiger partial charge < -0.3 is 4.74 Å². The molecule has 0 saturated carbocycles. The molecule has 0 fully saturated rings. The molecular formula is C13H24O2. The maximum absolute atomic E-state index is 11.6. The monoisotopic (exact) mass is 212 g/mol. The van der Waals surface area contributed by atoms with Gasteiger partial charge in [-0.3, -0.25) is 0 Å². The molecule has 0 radical (unpaired) electrons. The summed E-state index contributed by atoms with van der Waals surface area (Å²) in [4.78, 5) is 11.6. The highest BCUT2D eigenvalue weighted by atomic mass is 16.5. The normalized spacial score (nSPS) is 12.6. The van der Waals surface area contributed by atoms with Crippen LogP contribution in [-0.4, -0.2) is 12.6 Å². The van der Waals surface area contributed by atoms with Gasteiger partial charge in [-0.25, -0.2) is 4.79 Å². The van der Waals surface area contributed by atoms with E-state index in [0.29, 0.717) is 18.1 Å². The van der Waals surface area contributed by atoms with Gasteiger partial charge in [0.05, 0.1) is 6.61 Å². The maximum atomic E-state index is 11.6. The van der Waals surface area contributed by atoms with Crippen LogP contribution in [-0.2, 0) is 9.53 Å². The van der Waals surface area contributed by atoms with Crippen LogP contribution in [0, 0.1) is 11.8 Å². The number of hydrogen-bond acceptors (Lipinski definition) is 2. The molecule has 0 spiro atoms. The van der Waals surface area contributed by atoms with E-state index in [0.717, 1.165) is 19.3 Å². The molecule has 15 heavy (non-hydrogen) atoms. The molecular weight excluding hydrogens is 188 g/mol. The standard InChI is InChI=1S/C13H24O2/c1-6-8-15-13(14)11(5)12(7-2)9-10(3)4/h10,12H,5-9H2,1-4H3. The number of rotatable bonds is 7. The Morgan fingerprint density at radius 3 is 2.33 bits per heavy atom. The topological polar surface area (TPSA) is 26.3 Å². The van der Waals surface area contributed by atoms with E-state index < -0.39 is 0 Å². The van der Waals surface area contributed by atoms with Crippen LogP contribution in [0.3, 0.4) is 0 Å². The van der Waals surface area contributed by atoms with Crippen LogP contribution in [0.2, 0.25) is 0 Å². The highest BCUT2D eigenvalue weighted by molar-refractivity contribution is 5.88. The van der Waals surface area contributed by atoms with Gasteiger partial charge in [-0.1, -0.05) is 34.3 Å². The zero-order valence-electron chi connectivity index (χ0n) is 10.5. The summed E-state index contributed by atoms with van der Waals surface area (Å²) >= 11 is 0. The Morgan fingerprint density at radius 1 is 1.33 bits per heavy atom. The van der Waals surface area contributed by atoms with Gasteiger partial charge in [0.25, 0.3) is 0 Å². The van der Waals surface area contributed by atoms with Gasteiger partial charge in [-0.15, -0.1) is 0 Å². The van der Waals surface area contributed by atoms with Gasteiger partial charge in [0.1, 0.15) is 0 Å². The van der Waals surface area contributed by atoms with Gasteiger partial charge in [-0.2, -0.15) is 0 Å². The minimum absolute atomic E-state index is 0.218. The van der Waals surface area contributed by atoms with Crippen molar-refractivity contribution >= 4 is 5.97 Å². The first-order chi connectivity index (χ1) is 7.02. The molecule has 0 amide bonds. The van der Waals surface area contributed by atoms with E-state index >= 15 is 0 Å². The summed E-state index contributed by atoms with van der Waals surface area (Å²) in [6.07, 6.45) is 2.83. The van der Waals surface area contributed by atoms with Crippen molar-refractivity contribution in [3.8, 4) is 0 Å². The lowest BCUT2D eigenvalue weighted by atomic mass is 9.89. The molecule has 1 atom stereocenters. The number of carbonyl (C=O) groups is 1. The molecule has 0 rings (SSSR count). The van der Waals surface area contributed by atoms with Crippen molar-refractivity contribution in [2.24, 2.45) is 11.8 Å². The summed E-state index contributed by atoms with van der Waals surface area (Å²) in [6.45, 7) is 12.7. The number of ether oxygens (including phenoxy) is 1. The quantitative estimate of drug-likeness (QED) is 0.476. The van der Waals surface area contributed by atoms with Crippen LogP contribution in [0.1, 0.15) is 47.0 Å². The third-order valence-corrected chi connectivity index (χ3v) is 2.44. The molecule has 0 aromatic heterocycles. The van der Waals surface area contributed by atoms with Gasteiger partial charge in [-0.05, 0) is 31.1 Å². The fraction of sp³-hybridized carbons (Fsp3) is 0.769. The third-order valence-electron chi connectivity index (χ3n) is 2.44. The SMILES string of the molecule is C=C(C(=O)OCCC)C(CC)CC(C)C. The molecule has 2 heteroatoms. The van der Waals surface area contributed by atoms with Crippen LogP contribution < -0.4 is 0 Å². The number of hydrogen-bond donors (Lipinski definition) is 0. The lowest BCUT2D eigenvalue weighted by Crippen LogP contribution is -2.16. The molecule has 0 bridgehead atoms. The van der Waals surface area contributed by atoms with Crippen molar-refractivity contribution in [3.63, 3.8) is 0 Å². The predicted molar refractivity (Wildman–Crippen MR) is 63.6 cm³/mol. The van der Waals surface area contributed by atoms with Gasteiger partial charge in [0.2, 0.25) is 0 Å². The van der Waals surface area contributed by atoms with E-state index in [1.165, 1.54) is 0 Å². The molecule has 0 heterocycles. The highest BCUT2D eigenvalue weighted by Gasteiger charge is 2.19. The Bertz CT molecular complexity index is 207. The maximum Gasteiger partial charge on any atom is 0.333 e. The predicted octanol–water partition coefficient (Wildman–Crippen LogP) is 3.57. The van der Waals surface area contributed by atoms with Crippen LogP contribution in [0.25, 0.3) is 0 Å². The molecule has 0 aromatic carbocycles. The Labute approximate surface area is 93.7 Å². The summed E-state index contributed by atoms with van der Waals surface area (Å²) in [5.41, 5.74) is 0.639. The van der Waals surface area contributed by atoms with Gasteiger partial charge in [0.15, 0.2) is 0 Å². The van der Waals surface area contributed by atoms with Crippen molar-refractivity contribution in [2.75, 3.05) is 6.61 Å². The van der Waals surface area contributed by atoms with E-state index in [-0.39, 0.29) is 11.9 Å². The van der Waals surface area contributed by atoms with E-state index in [1.54, 1.807) is 0 Å². The van der Waals surface area contributed by atoms with Crippen molar-refractivity contribution in [3.05, 3.63) is 12.2 Å². The zero-order chi connectivity index (χ0) is 11.8. The summed E-state index contributed by atoms with van der Waals surface area (Å²) < 4.78 is 5.08. The lowest BCUT2D eigenvalue weighted by Gasteiger charge is -2.18. The average molecular weight is 212 g/mol. The van der Waals surface area contributed by atoms with Crippen LogP contribution in [0.15, 0.2) is 12.2 Å². The second-order valence-electron chi connectivity index (χ2n) is 4.40. The molecule has 2 nitrogen and oxygen atoms in total. The summed E-state index contributed by atoms with van der Waals surface area (Å²) in [5.74, 6) is 0.643. The molecule has 0 N–H and O–H groups in total. The molecule has 0 saturated heterocycles. The van der Waals surface area contributed by atoms with Crippen molar-refractivity contribution < 1.29 is 9.53 Å². The summed E-state index contributed by atoms with van der Waals surface area (Å²) in [7, 11) is 0. The first-order valence-electron chi connectivity index (χ1n) is 5.88. The Morgan fingerprint density at radius 2 is 1.93 bits per heavy atom. The van der Waals surface area contributed by atoms with Gasteiger partial charge in [0, 0.05) is 5.57 Å². The fourth-order valence-electron chi connectivity index (χ4n) is 1.58. The van der Waals surface area contributed by atoms with E-state index in [4.69, 9.17) is 4.74 Å². The van der Waals surface area contributed by atoms with Gasteiger partial charge >= 0.3 is 5.97 Å². The second-order valence-corrected chi connectivity index (χ2v) is 4.40. The van der Waals surface area contributed by atoms with E-state index in [1.807, 2.05) is 6.92 Å². The van der Waals surface area contributed by atoms with E-state index in [9.17, 15) is 4.79 Å². The minimum atomic E-state index is -0.218. The molecule has 1 unspecified atom stereocenters. The fourth-order valence-corrected chi connectivity index (χ4v) is 1.58. The molecule has 0 aliphatic carbocycles. The van der Waals surface area contributed by atoms with E-state index in [2.05, 4.69) is 27.4 Å². The molecule has 88 valence electrons. The minimum Gasteiger partial charge on any atom is -0.462 e. The van der Waals surface area contributed by atoms with Crippen molar-refractivity contribution in [1.82, 2.24) is 0 Å². The smallest absolute Gasteiger partial charge is 0.333 e. The number of carbonyl (C=O) groups excluding carboxylic acids is 1. The third kappa shape index (κ3) is 5.60. The summed E-state index contributed by atoms with van der Waals surface area (Å²) in [5, 5.41) is 0. The summed E-state index contributed by atoms with van der Waals surface area (Å²) in [6, 6.07) is 0. The molecule has 0 aliphatic heterocycles. The van der Waals surface area contributed by atoms with Crippen LogP contribution >= 0.6 is 0 Å². The van der Waals surface area contributed by atoms with Crippen molar-refractivity contribution in [1.29, 1.82) is 0 Å². The lowest BCUT2D eigenvalue weighted by molar-refractivity contribution is -0.139. The van der Waals surface area contributed by atoms with Crippen LogP contribution in [0.5, 0.6) is 0 Å². The largest absolute Gasteiger partial charge is 0.462 e. The molecule has 0 aromatic rings. The average Bonchev–Trinajstić information content (AvgIpc) is 2.21. The number of esters is 1. The first-order valence-corrected chi connectivity index (χ1v) is 5.88. The first kappa shape index (κ1) is 14.2. The molecule has 0 aliphatic rings. The van der Waals surface area contributed by atoms with Crippen molar-refractivity contribution in [2.45, 2.75) is 47.0 Å².